The summed E-state index contributed by atoms with van der Waals surface area (Å²) in [5, 5.41) is 2.79. The number of carbonyl (C=O) groups is 2. The van der Waals surface area contributed by atoms with Crippen LogP contribution in [0.3, 0.4) is 0 Å². The van der Waals surface area contributed by atoms with Crippen LogP contribution >= 0.6 is 0 Å². The van der Waals surface area contributed by atoms with Gasteiger partial charge >= 0.3 is 12.1 Å². The molecule has 2 aromatic rings. The number of alkyl carbamates (subject to hydrolysis) is 1. The van der Waals surface area contributed by atoms with E-state index in [9.17, 15) is 9.59 Å². The van der Waals surface area contributed by atoms with Crippen LogP contribution in [0.1, 0.15) is 41.8 Å². The zero-order valence-electron chi connectivity index (χ0n) is 13.9. The molecule has 2 rings (SSSR count). The maximum absolute atomic E-state index is 12.0. The number of hydrogen-bond acceptors (Lipinski definition) is 5. The molecular formula is C17H21N3O4. The number of aromatic nitrogens is 2. The van der Waals surface area contributed by atoms with E-state index in [0.717, 1.165) is 5.56 Å². The minimum atomic E-state index is -0.560. The zero-order valence-corrected chi connectivity index (χ0v) is 13.9. The van der Waals surface area contributed by atoms with Gasteiger partial charge in [0.15, 0.2) is 0 Å². The van der Waals surface area contributed by atoms with Crippen LogP contribution in [0, 0.1) is 5.92 Å². The Kier molecular flexibility index (Phi) is 5.95. The molecule has 0 aliphatic heterocycles. The third kappa shape index (κ3) is 4.58. The molecule has 0 spiro atoms. The van der Waals surface area contributed by atoms with Gasteiger partial charge in [-0.25, -0.2) is 14.6 Å². The van der Waals surface area contributed by atoms with Crippen LogP contribution in [0.2, 0.25) is 0 Å². The molecule has 2 N–H and O–H groups in total. The van der Waals surface area contributed by atoms with Crippen LogP contribution < -0.4 is 5.32 Å². The van der Waals surface area contributed by atoms with Crippen molar-refractivity contribution in [3.63, 3.8) is 0 Å². The molecular weight excluding hydrogens is 310 g/mol. The topological polar surface area (TPSA) is 93.3 Å². The molecule has 1 aromatic heterocycles. The van der Waals surface area contributed by atoms with Gasteiger partial charge in [-0.05, 0) is 11.5 Å². The molecule has 1 amide bonds. The van der Waals surface area contributed by atoms with Crippen molar-refractivity contribution in [2.24, 2.45) is 5.92 Å². The molecule has 0 fully saturated rings. The first kappa shape index (κ1) is 17.5. The standard InChI is InChI=1S/C17H21N3O4/c1-11(2)14(13-9-18-15(19-13)16(21)23-3)20-17(22)24-10-12-7-5-4-6-8-12/h4-9,11,14H,10H2,1-3H3,(H,18,19)(H,20,22)/t14-/m0/s1. The number of esters is 1. The van der Waals surface area contributed by atoms with E-state index in [2.05, 4.69) is 20.0 Å². The monoisotopic (exact) mass is 331 g/mol. The maximum atomic E-state index is 12.0. The van der Waals surface area contributed by atoms with Crippen molar-refractivity contribution >= 4 is 12.1 Å². The Bertz CT molecular complexity index is 682. The van der Waals surface area contributed by atoms with E-state index >= 15 is 0 Å². The molecule has 1 heterocycles. The molecule has 0 radical (unpaired) electrons. The van der Waals surface area contributed by atoms with Crippen molar-refractivity contribution in [1.29, 1.82) is 0 Å². The second kappa shape index (κ2) is 8.14. The minimum absolute atomic E-state index is 0.0697. The number of ether oxygens (including phenoxy) is 2. The van der Waals surface area contributed by atoms with E-state index in [1.165, 1.54) is 13.3 Å². The quantitative estimate of drug-likeness (QED) is 0.794. The van der Waals surface area contributed by atoms with Crippen molar-refractivity contribution < 1.29 is 19.1 Å². The van der Waals surface area contributed by atoms with Gasteiger partial charge in [-0.15, -0.1) is 0 Å². The molecule has 128 valence electrons. The van der Waals surface area contributed by atoms with Crippen LogP contribution in [-0.2, 0) is 16.1 Å². The van der Waals surface area contributed by atoms with Crippen molar-refractivity contribution in [3.8, 4) is 0 Å². The number of amides is 1. The van der Waals surface area contributed by atoms with E-state index in [-0.39, 0.29) is 24.4 Å². The van der Waals surface area contributed by atoms with E-state index in [0.29, 0.717) is 5.69 Å². The van der Waals surface area contributed by atoms with Gasteiger partial charge in [-0.2, -0.15) is 0 Å². The Hall–Kier alpha value is -2.83. The average molecular weight is 331 g/mol. The summed E-state index contributed by atoms with van der Waals surface area (Å²) < 4.78 is 9.84. The second-order valence-electron chi connectivity index (χ2n) is 5.61. The van der Waals surface area contributed by atoms with Crippen molar-refractivity contribution in [1.82, 2.24) is 15.3 Å². The Morgan fingerprint density at radius 3 is 2.58 bits per heavy atom. The maximum Gasteiger partial charge on any atom is 0.408 e. The SMILES string of the molecule is COC(=O)c1ncc([C@@H](NC(=O)OCc2ccccc2)C(C)C)[nH]1. The van der Waals surface area contributed by atoms with Crippen molar-refractivity contribution in [3.05, 3.63) is 53.6 Å². The van der Waals surface area contributed by atoms with E-state index in [1.54, 1.807) is 0 Å². The number of H-pyrrole nitrogens is 1. The van der Waals surface area contributed by atoms with E-state index in [1.807, 2.05) is 44.2 Å². The lowest BCUT2D eigenvalue weighted by Gasteiger charge is -2.20. The van der Waals surface area contributed by atoms with Crippen LogP contribution in [0.5, 0.6) is 0 Å². The fourth-order valence-electron chi connectivity index (χ4n) is 2.19. The Morgan fingerprint density at radius 1 is 1.25 bits per heavy atom. The number of hydrogen-bond donors (Lipinski definition) is 2. The van der Waals surface area contributed by atoms with Gasteiger partial charge < -0.3 is 19.8 Å². The summed E-state index contributed by atoms with van der Waals surface area (Å²) in [4.78, 5) is 30.4. The number of aromatic amines is 1. The first-order valence-electron chi connectivity index (χ1n) is 7.61. The Morgan fingerprint density at radius 2 is 1.96 bits per heavy atom. The molecule has 0 aliphatic carbocycles. The molecule has 0 aliphatic rings. The fraction of sp³-hybridized carbons (Fsp3) is 0.353. The predicted octanol–water partition coefficient (Wildman–Crippen LogP) is 2.82. The highest BCUT2D eigenvalue weighted by Crippen LogP contribution is 2.20. The van der Waals surface area contributed by atoms with E-state index in [4.69, 9.17) is 4.74 Å². The summed E-state index contributed by atoms with van der Waals surface area (Å²) >= 11 is 0. The van der Waals surface area contributed by atoms with Crippen molar-refractivity contribution in [2.75, 3.05) is 7.11 Å². The number of carbonyl (C=O) groups excluding carboxylic acids is 2. The van der Waals surface area contributed by atoms with Gasteiger partial charge in [0.2, 0.25) is 5.82 Å². The summed E-state index contributed by atoms with van der Waals surface area (Å²) in [6, 6.07) is 9.06. The molecule has 0 bridgehead atoms. The van der Waals surface area contributed by atoms with Crippen LogP contribution in [-0.4, -0.2) is 29.1 Å². The smallest absolute Gasteiger partial charge is 0.408 e. The third-order valence-electron chi connectivity index (χ3n) is 3.46. The first-order valence-corrected chi connectivity index (χ1v) is 7.61. The molecule has 24 heavy (non-hydrogen) atoms. The van der Waals surface area contributed by atoms with Gasteiger partial charge in [-0.1, -0.05) is 44.2 Å². The summed E-state index contributed by atoms with van der Waals surface area (Å²) in [7, 11) is 1.28. The highest BCUT2D eigenvalue weighted by atomic mass is 16.5. The number of imidazole rings is 1. The largest absolute Gasteiger partial charge is 0.463 e. The number of benzene rings is 1. The second-order valence-corrected chi connectivity index (χ2v) is 5.61. The van der Waals surface area contributed by atoms with Gasteiger partial charge in [0, 0.05) is 0 Å². The average Bonchev–Trinajstić information content (AvgIpc) is 3.07. The van der Waals surface area contributed by atoms with Gasteiger partial charge in [-0.3, -0.25) is 0 Å². The zero-order chi connectivity index (χ0) is 17.5. The lowest BCUT2D eigenvalue weighted by molar-refractivity contribution is 0.0587. The number of methoxy groups -OCH3 is 1. The highest BCUT2D eigenvalue weighted by Gasteiger charge is 2.22. The molecule has 0 saturated carbocycles. The fourth-order valence-corrected chi connectivity index (χ4v) is 2.19. The normalized spacial score (nSPS) is 11.8. The van der Waals surface area contributed by atoms with Crippen LogP contribution in [0.4, 0.5) is 4.79 Å². The number of nitrogens with zero attached hydrogens (tertiary/aromatic N) is 1. The van der Waals surface area contributed by atoms with Crippen molar-refractivity contribution in [2.45, 2.75) is 26.5 Å². The summed E-state index contributed by atoms with van der Waals surface area (Å²) in [6.45, 7) is 4.08. The van der Waals surface area contributed by atoms with Gasteiger partial charge in [0.25, 0.3) is 0 Å². The molecule has 0 saturated heterocycles. The Labute approximate surface area is 140 Å². The number of rotatable bonds is 6. The molecule has 7 nitrogen and oxygen atoms in total. The third-order valence-corrected chi connectivity index (χ3v) is 3.46. The summed E-state index contributed by atoms with van der Waals surface area (Å²) in [5.41, 5.74) is 1.52. The molecule has 1 aromatic carbocycles. The number of nitrogens with one attached hydrogen (secondary N) is 2. The van der Waals surface area contributed by atoms with E-state index < -0.39 is 12.1 Å². The van der Waals surface area contributed by atoms with Gasteiger partial charge in [0.05, 0.1) is 25.0 Å². The summed E-state index contributed by atoms with van der Waals surface area (Å²) in [6.07, 6.45) is 0.973. The van der Waals surface area contributed by atoms with Crippen LogP contribution in [0.15, 0.2) is 36.5 Å². The molecule has 1 atom stereocenters. The highest BCUT2D eigenvalue weighted by molar-refractivity contribution is 5.85. The predicted molar refractivity (Wildman–Crippen MR) is 87.3 cm³/mol. The lowest BCUT2D eigenvalue weighted by atomic mass is 10.0. The molecule has 7 heteroatoms. The Balaban J connectivity index is 1.99. The van der Waals surface area contributed by atoms with Crippen LogP contribution in [0.25, 0.3) is 0 Å². The van der Waals surface area contributed by atoms with Gasteiger partial charge in [0.1, 0.15) is 6.61 Å². The first-order chi connectivity index (χ1) is 11.5. The molecule has 0 unspecified atom stereocenters. The lowest BCUT2D eigenvalue weighted by Crippen LogP contribution is -2.32. The summed E-state index contributed by atoms with van der Waals surface area (Å²) in [5.74, 6) is -0.395. The minimum Gasteiger partial charge on any atom is -0.463 e.